The van der Waals surface area contributed by atoms with Crippen molar-refractivity contribution in [3.8, 4) is 11.1 Å². The molecule has 152 valence electrons. The maximum absolute atomic E-state index is 12.2. The third kappa shape index (κ3) is 5.14. The van der Waals surface area contributed by atoms with E-state index in [1.165, 1.54) is 9.77 Å². The van der Waals surface area contributed by atoms with Gasteiger partial charge in [0.05, 0.1) is 9.21 Å². The van der Waals surface area contributed by atoms with Crippen molar-refractivity contribution >= 4 is 39.9 Å². The molecular formula is C23H26N2O2S2. The first-order chi connectivity index (χ1) is 13.8. The molecule has 3 N–H and O–H groups in total. The third-order valence-corrected chi connectivity index (χ3v) is 6.59. The van der Waals surface area contributed by atoms with Crippen LogP contribution in [0.2, 0.25) is 0 Å². The lowest BCUT2D eigenvalue weighted by atomic mass is 9.84. The van der Waals surface area contributed by atoms with Crippen molar-refractivity contribution in [1.29, 1.82) is 0 Å². The molecule has 4 nitrogen and oxygen atoms in total. The Morgan fingerprint density at radius 2 is 1.86 bits per heavy atom. The summed E-state index contributed by atoms with van der Waals surface area (Å²) in [7, 11) is 0. The topological polar surface area (TPSA) is 64.3 Å². The average molecular weight is 427 g/mol. The number of benzene rings is 2. The Bertz CT molecular complexity index is 992. The van der Waals surface area contributed by atoms with Crippen molar-refractivity contribution in [2.45, 2.75) is 37.0 Å². The Kier molecular flexibility index (Phi) is 6.55. The number of nitrogen functional groups attached to an aromatic ring is 1. The number of hydrogen-bond donors (Lipinski definition) is 2. The maximum atomic E-state index is 12.2. The van der Waals surface area contributed by atoms with E-state index in [0.29, 0.717) is 5.69 Å². The van der Waals surface area contributed by atoms with Crippen LogP contribution in [0.1, 0.15) is 31.9 Å². The van der Waals surface area contributed by atoms with Crippen LogP contribution in [0.25, 0.3) is 11.1 Å². The average Bonchev–Trinajstić information content (AvgIpc) is 3.04. The summed E-state index contributed by atoms with van der Waals surface area (Å²) in [5, 5.41) is 3.61. The van der Waals surface area contributed by atoms with Crippen LogP contribution in [0.5, 0.6) is 0 Å². The van der Waals surface area contributed by atoms with Gasteiger partial charge in [0.2, 0.25) is 0 Å². The number of amides is 1. The molecule has 0 saturated carbocycles. The Balaban J connectivity index is 1.82. The highest BCUT2D eigenvalue weighted by Crippen LogP contribution is 2.48. The molecule has 1 aromatic heterocycles. The van der Waals surface area contributed by atoms with Gasteiger partial charge in [-0.15, -0.1) is 23.1 Å². The second kappa shape index (κ2) is 8.93. The smallest absolute Gasteiger partial charge is 0.411 e. The number of anilines is 2. The van der Waals surface area contributed by atoms with Gasteiger partial charge >= 0.3 is 6.09 Å². The number of ether oxygens (including phenoxy) is 1. The quantitative estimate of drug-likeness (QED) is 0.442. The number of carbonyl (C=O) groups excluding carboxylic acids is 1. The van der Waals surface area contributed by atoms with E-state index >= 15 is 0 Å². The molecule has 0 spiro atoms. The Hall–Kier alpha value is -2.44. The second-order valence-corrected chi connectivity index (χ2v) is 9.85. The summed E-state index contributed by atoms with van der Waals surface area (Å²) < 4.78 is 6.55. The minimum absolute atomic E-state index is 0.0418. The van der Waals surface area contributed by atoms with Gasteiger partial charge in [-0.05, 0) is 40.5 Å². The number of rotatable bonds is 5. The van der Waals surface area contributed by atoms with Gasteiger partial charge in [0.25, 0.3) is 0 Å². The molecule has 0 bridgehead atoms. The molecule has 6 heteroatoms. The highest BCUT2D eigenvalue weighted by Gasteiger charge is 2.27. The van der Waals surface area contributed by atoms with Crippen molar-refractivity contribution in [2.75, 3.05) is 17.3 Å². The first-order valence-corrected chi connectivity index (χ1v) is 11.4. The predicted octanol–water partition coefficient (Wildman–Crippen LogP) is 6.77. The summed E-state index contributed by atoms with van der Waals surface area (Å²) in [5.74, 6) is 0. The zero-order valence-corrected chi connectivity index (χ0v) is 18.7. The molecule has 0 fully saturated rings. The first kappa shape index (κ1) is 21.3. The summed E-state index contributed by atoms with van der Waals surface area (Å²) >= 11 is 3.34. The molecule has 0 atom stereocenters. The first-order valence-electron chi connectivity index (χ1n) is 9.34. The fraction of sp³-hybridized carbons (Fsp3) is 0.261. The highest BCUT2D eigenvalue weighted by molar-refractivity contribution is 8.00. The van der Waals surface area contributed by atoms with Crippen LogP contribution < -0.4 is 11.1 Å². The van der Waals surface area contributed by atoms with Crippen LogP contribution in [0, 0.1) is 0 Å². The van der Waals surface area contributed by atoms with Crippen LogP contribution in [-0.2, 0) is 16.8 Å². The van der Waals surface area contributed by atoms with E-state index < -0.39 is 6.09 Å². The van der Waals surface area contributed by atoms with Gasteiger partial charge in [0.15, 0.2) is 0 Å². The fourth-order valence-corrected chi connectivity index (χ4v) is 5.42. The molecular weight excluding hydrogens is 400 g/mol. The molecule has 0 aliphatic carbocycles. The molecule has 0 saturated heterocycles. The number of thiophene rings is 1. The van der Waals surface area contributed by atoms with E-state index in [1.807, 2.05) is 54.6 Å². The SMILES string of the molecule is CSc1sc(N)c(-c2cccc(NC(=O)OCc3ccccc3)c2)c1C(C)(C)C. The van der Waals surface area contributed by atoms with Gasteiger partial charge in [-0.3, -0.25) is 5.32 Å². The van der Waals surface area contributed by atoms with E-state index in [-0.39, 0.29) is 12.0 Å². The molecule has 3 rings (SSSR count). The second-order valence-electron chi connectivity index (χ2n) is 7.73. The van der Waals surface area contributed by atoms with Crippen LogP contribution >= 0.6 is 23.1 Å². The Morgan fingerprint density at radius 3 is 2.52 bits per heavy atom. The van der Waals surface area contributed by atoms with Gasteiger partial charge in [0, 0.05) is 11.3 Å². The van der Waals surface area contributed by atoms with Gasteiger partial charge in [0.1, 0.15) is 6.61 Å². The molecule has 0 aliphatic heterocycles. The lowest BCUT2D eigenvalue weighted by Crippen LogP contribution is -2.14. The third-order valence-electron chi connectivity index (χ3n) is 4.45. The lowest BCUT2D eigenvalue weighted by molar-refractivity contribution is 0.155. The molecule has 29 heavy (non-hydrogen) atoms. The lowest BCUT2D eigenvalue weighted by Gasteiger charge is -2.22. The van der Waals surface area contributed by atoms with Crippen molar-refractivity contribution in [3.05, 3.63) is 65.7 Å². The van der Waals surface area contributed by atoms with E-state index in [2.05, 4.69) is 32.3 Å². The molecule has 3 aromatic rings. The maximum Gasteiger partial charge on any atom is 0.411 e. The Morgan fingerprint density at radius 1 is 1.14 bits per heavy atom. The van der Waals surface area contributed by atoms with Gasteiger partial charge in [-0.25, -0.2) is 4.79 Å². The van der Waals surface area contributed by atoms with Crippen LogP contribution in [0.4, 0.5) is 15.5 Å². The van der Waals surface area contributed by atoms with Gasteiger partial charge in [-0.2, -0.15) is 0 Å². The minimum atomic E-state index is -0.481. The van der Waals surface area contributed by atoms with Gasteiger partial charge < -0.3 is 10.5 Å². The minimum Gasteiger partial charge on any atom is -0.444 e. The molecule has 2 aromatic carbocycles. The zero-order chi connectivity index (χ0) is 21.0. The number of nitrogens with two attached hydrogens (primary N) is 1. The summed E-state index contributed by atoms with van der Waals surface area (Å²) in [6, 6.07) is 17.4. The van der Waals surface area contributed by atoms with Crippen LogP contribution in [0.15, 0.2) is 58.8 Å². The summed E-state index contributed by atoms with van der Waals surface area (Å²) in [5.41, 5.74) is 11.3. The van der Waals surface area contributed by atoms with E-state index in [1.54, 1.807) is 23.1 Å². The summed E-state index contributed by atoms with van der Waals surface area (Å²) in [4.78, 5) is 12.2. The van der Waals surface area contributed by atoms with Gasteiger partial charge in [-0.1, -0.05) is 63.2 Å². The normalized spacial score (nSPS) is 11.3. The number of hydrogen-bond acceptors (Lipinski definition) is 5. The number of carbonyl (C=O) groups is 1. The molecule has 1 amide bonds. The summed E-state index contributed by atoms with van der Waals surface area (Å²) in [6.07, 6.45) is 1.59. The summed E-state index contributed by atoms with van der Waals surface area (Å²) in [6.45, 7) is 6.82. The van der Waals surface area contributed by atoms with Crippen molar-refractivity contribution < 1.29 is 9.53 Å². The number of thioether (sulfide) groups is 1. The molecule has 1 heterocycles. The van der Waals surface area contributed by atoms with Crippen molar-refractivity contribution in [1.82, 2.24) is 0 Å². The van der Waals surface area contributed by atoms with Crippen molar-refractivity contribution in [2.24, 2.45) is 0 Å². The van der Waals surface area contributed by atoms with E-state index in [9.17, 15) is 4.79 Å². The van der Waals surface area contributed by atoms with E-state index in [4.69, 9.17) is 10.5 Å². The van der Waals surface area contributed by atoms with Crippen LogP contribution in [0.3, 0.4) is 0 Å². The molecule has 0 unspecified atom stereocenters. The Labute approximate surface area is 180 Å². The standard InChI is InChI=1S/C23H26N2O2S2/c1-23(2,3)19-18(20(24)29-21(19)28-4)16-11-8-12-17(13-16)25-22(26)27-14-15-9-6-5-7-10-15/h5-13H,14,24H2,1-4H3,(H,25,26). The van der Waals surface area contributed by atoms with Crippen LogP contribution in [-0.4, -0.2) is 12.3 Å². The monoisotopic (exact) mass is 426 g/mol. The molecule has 0 aliphatic rings. The van der Waals surface area contributed by atoms with Crippen molar-refractivity contribution in [3.63, 3.8) is 0 Å². The zero-order valence-electron chi connectivity index (χ0n) is 17.1. The fourth-order valence-electron chi connectivity index (χ4n) is 3.17. The van der Waals surface area contributed by atoms with E-state index in [0.717, 1.165) is 21.7 Å². The predicted molar refractivity (Wildman–Crippen MR) is 125 cm³/mol. The highest BCUT2D eigenvalue weighted by atomic mass is 32.2. The molecule has 0 radical (unpaired) electrons. The number of nitrogens with one attached hydrogen (secondary N) is 1. The largest absolute Gasteiger partial charge is 0.444 e.